The molecule has 1 amide bonds. The van der Waals surface area contributed by atoms with E-state index in [1.54, 1.807) is 92.7 Å². The lowest BCUT2D eigenvalue weighted by Crippen LogP contribution is -2.39. The molecular formula is C40H57N3O12. The van der Waals surface area contributed by atoms with Crippen LogP contribution in [-0.2, 0) is 35.0 Å². The second kappa shape index (κ2) is 18.0. The molecule has 1 aromatic heterocycles. The van der Waals surface area contributed by atoms with Crippen LogP contribution in [0.1, 0.15) is 97.4 Å². The first kappa shape index (κ1) is 43.3. The highest BCUT2D eigenvalue weighted by molar-refractivity contribution is 5.97. The zero-order valence-electron chi connectivity index (χ0n) is 33.8. The van der Waals surface area contributed by atoms with Crippen molar-refractivity contribution >= 4 is 24.2 Å². The van der Waals surface area contributed by atoms with E-state index in [4.69, 9.17) is 37.9 Å². The number of ether oxygens (including phenoxy) is 8. The van der Waals surface area contributed by atoms with Gasteiger partial charge in [-0.15, -0.1) is 0 Å². The van der Waals surface area contributed by atoms with Gasteiger partial charge in [0.1, 0.15) is 59.0 Å². The van der Waals surface area contributed by atoms with Crippen molar-refractivity contribution in [1.29, 1.82) is 0 Å². The molecule has 5 atom stereocenters. The van der Waals surface area contributed by atoms with E-state index in [9.17, 15) is 19.5 Å². The van der Waals surface area contributed by atoms with Gasteiger partial charge in [-0.1, -0.05) is 31.2 Å². The maximum absolute atomic E-state index is 13.8. The van der Waals surface area contributed by atoms with Gasteiger partial charge < -0.3 is 43.0 Å². The topological polar surface area (TPSA) is 166 Å². The normalized spacial score (nSPS) is 24.0. The Hall–Kier alpha value is -4.44. The van der Waals surface area contributed by atoms with Gasteiger partial charge in [0.25, 0.3) is 0 Å². The van der Waals surface area contributed by atoms with Crippen LogP contribution >= 0.6 is 0 Å². The van der Waals surface area contributed by atoms with E-state index < -0.39 is 59.6 Å². The number of hydrogen-bond acceptors (Lipinski definition) is 13. The van der Waals surface area contributed by atoms with Crippen molar-refractivity contribution in [3.8, 4) is 11.5 Å². The minimum Gasteiger partial charge on any atom is -0.492 e. The molecule has 0 spiro atoms. The fourth-order valence-corrected chi connectivity index (χ4v) is 5.77. The smallest absolute Gasteiger partial charge is 0.420 e. The summed E-state index contributed by atoms with van der Waals surface area (Å²) < 4.78 is 47.8. The second-order valence-electron chi connectivity index (χ2n) is 16.0. The molecular weight excluding hydrogens is 714 g/mol. The molecule has 1 N–H and O–H groups in total. The predicted molar refractivity (Wildman–Crippen MR) is 202 cm³/mol. The molecule has 15 nitrogen and oxygen atoms in total. The lowest BCUT2D eigenvalue weighted by molar-refractivity contribution is -0.152. The fourth-order valence-electron chi connectivity index (χ4n) is 5.77. The molecule has 3 heterocycles. The van der Waals surface area contributed by atoms with Crippen LogP contribution < -0.4 is 9.47 Å². The lowest BCUT2D eigenvalue weighted by atomic mass is 9.99. The number of hydrogen-bond donors (Lipinski definition) is 1. The van der Waals surface area contributed by atoms with Crippen LogP contribution in [0, 0.1) is 5.92 Å². The molecule has 2 aromatic rings. The predicted octanol–water partition coefficient (Wildman–Crippen LogP) is 6.50. The molecule has 1 saturated heterocycles. The number of nitrogens with zero attached hydrogens (tertiary/aromatic N) is 3. The largest absolute Gasteiger partial charge is 0.492 e. The number of carbonyl (C=O) groups excluding carboxylic acids is 3. The van der Waals surface area contributed by atoms with E-state index in [0.717, 1.165) is 0 Å². The van der Waals surface area contributed by atoms with E-state index >= 15 is 0 Å². The number of methoxy groups -OCH3 is 1. The molecule has 0 saturated carbocycles. The summed E-state index contributed by atoms with van der Waals surface area (Å²) >= 11 is 0. The van der Waals surface area contributed by atoms with Crippen LogP contribution in [-0.4, -0.2) is 106 Å². The monoisotopic (exact) mass is 771 g/mol. The Labute approximate surface area is 323 Å². The molecule has 0 aliphatic carbocycles. The average Bonchev–Trinajstić information content (AvgIpc) is 3.66. The molecule has 1 aromatic carbocycles. The van der Waals surface area contributed by atoms with Gasteiger partial charge in [-0.2, -0.15) is 0 Å². The molecule has 3 unspecified atom stereocenters. The highest BCUT2D eigenvalue weighted by Gasteiger charge is 2.43. The van der Waals surface area contributed by atoms with Gasteiger partial charge in [0.2, 0.25) is 0 Å². The average molecular weight is 772 g/mol. The molecule has 0 bridgehead atoms. The van der Waals surface area contributed by atoms with E-state index in [2.05, 4.69) is 4.98 Å². The number of rotatable bonds is 9. The van der Waals surface area contributed by atoms with Gasteiger partial charge in [-0.25, -0.2) is 23.9 Å². The molecule has 0 radical (unpaired) electrons. The van der Waals surface area contributed by atoms with Gasteiger partial charge in [0.15, 0.2) is 12.6 Å². The summed E-state index contributed by atoms with van der Waals surface area (Å²) in [6.45, 7) is 17.5. The Morgan fingerprint density at radius 2 is 1.75 bits per heavy atom. The standard InChI is InChI=1S/C40H57N3O12/c1-25-15-16-29(44)34-30(52-40(9,10)53-34)14-12-13-27-21-28(22-31(50-24-48-11)33(27)35(45)51-26(25)2)49-20-19-42(36(46)54-38(3,4)5)23-32-41-17-18-43(32)37(47)55-39(6,7)8/h12-13,15-18,21-22,25-26,29-30,34,44H,14,19-20,23-24H2,1-11H3/b13-12+,16-15-/t25-,26+,29?,30?,34?/m1/s1. The summed E-state index contributed by atoms with van der Waals surface area (Å²) in [7, 11) is 1.46. The minimum absolute atomic E-state index is 0.0220. The number of aliphatic hydroxyl groups excluding tert-OH is 1. The summed E-state index contributed by atoms with van der Waals surface area (Å²) in [6.07, 6.45) is 6.36. The van der Waals surface area contributed by atoms with E-state index in [-0.39, 0.29) is 49.5 Å². The van der Waals surface area contributed by atoms with Crippen molar-refractivity contribution in [2.75, 3.05) is 27.1 Å². The molecule has 1 fully saturated rings. The van der Waals surface area contributed by atoms with Crippen LogP contribution in [0.3, 0.4) is 0 Å². The van der Waals surface area contributed by atoms with Gasteiger partial charge in [-0.3, -0.25) is 4.90 Å². The first-order chi connectivity index (χ1) is 25.7. The van der Waals surface area contributed by atoms with Gasteiger partial charge in [0.05, 0.1) is 19.2 Å². The quantitative estimate of drug-likeness (QED) is 0.127. The van der Waals surface area contributed by atoms with Crippen molar-refractivity contribution in [3.63, 3.8) is 0 Å². The van der Waals surface area contributed by atoms with Crippen LogP contribution in [0.4, 0.5) is 9.59 Å². The maximum Gasteiger partial charge on any atom is 0.420 e. The van der Waals surface area contributed by atoms with Gasteiger partial charge in [-0.05, 0) is 80.4 Å². The molecule has 55 heavy (non-hydrogen) atoms. The third-order valence-corrected chi connectivity index (χ3v) is 8.43. The molecule has 2 aliphatic heterocycles. The number of aliphatic hydroxyl groups is 1. The first-order valence-corrected chi connectivity index (χ1v) is 18.4. The Morgan fingerprint density at radius 1 is 1.04 bits per heavy atom. The van der Waals surface area contributed by atoms with Crippen molar-refractivity contribution in [2.45, 2.75) is 124 Å². The van der Waals surface area contributed by atoms with Crippen molar-refractivity contribution in [3.05, 3.63) is 59.7 Å². The summed E-state index contributed by atoms with van der Waals surface area (Å²) in [5.41, 5.74) is -0.957. The lowest BCUT2D eigenvalue weighted by Gasteiger charge is -2.27. The number of cyclic esters (lactones) is 1. The van der Waals surface area contributed by atoms with E-state index in [1.807, 2.05) is 13.0 Å². The van der Waals surface area contributed by atoms with E-state index in [0.29, 0.717) is 17.7 Å². The zero-order valence-corrected chi connectivity index (χ0v) is 33.8. The number of amides is 1. The summed E-state index contributed by atoms with van der Waals surface area (Å²) in [6, 6.07) is 3.22. The van der Waals surface area contributed by atoms with Crippen LogP contribution in [0.15, 0.2) is 42.8 Å². The second-order valence-corrected chi connectivity index (χ2v) is 16.0. The van der Waals surface area contributed by atoms with Gasteiger partial charge in [0, 0.05) is 31.5 Å². The Kier molecular flexibility index (Phi) is 14.2. The first-order valence-electron chi connectivity index (χ1n) is 18.4. The highest BCUT2D eigenvalue weighted by atomic mass is 16.8. The van der Waals surface area contributed by atoms with Crippen LogP contribution in [0.5, 0.6) is 11.5 Å². The summed E-state index contributed by atoms with van der Waals surface area (Å²) in [4.78, 5) is 45.8. The Morgan fingerprint density at radius 3 is 2.42 bits per heavy atom. The Bertz CT molecular complexity index is 1700. The van der Waals surface area contributed by atoms with Crippen molar-refractivity contribution < 1.29 is 57.4 Å². The number of benzene rings is 1. The van der Waals surface area contributed by atoms with E-state index in [1.165, 1.54) is 29.0 Å². The third kappa shape index (κ3) is 12.5. The fraction of sp³-hybridized carbons (Fsp3) is 0.600. The van der Waals surface area contributed by atoms with Crippen molar-refractivity contribution in [1.82, 2.24) is 14.5 Å². The number of aromatic nitrogens is 2. The summed E-state index contributed by atoms with van der Waals surface area (Å²) in [5.74, 6) is -1.05. The minimum atomic E-state index is -0.951. The third-order valence-electron chi connectivity index (χ3n) is 8.43. The SMILES string of the molecule is COCOc1cc(OCCN(Cc2nccn2C(=O)OC(C)(C)C)C(=O)OC(C)(C)C)cc2c1C(=O)O[C@@H](C)[C@H](C)/C=C\C(O)C1OC(C)(C)OC1C/C=C/2. The molecule has 4 rings (SSSR count). The number of imidazole rings is 1. The number of carbonyl (C=O) groups is 3. The molecule has 304 valence electrons. The number of esters is 1. The Balaban J connectivity index is 1.65. The van der Waals surface area contributed by atoms with Crippen LogP contribution in [0.2, 0.25) is 0 Å². The maximum atomic E-state index is 13.8. The molecule has 15 heteroatoms. The summed E-state index contributed by atoms with van der Waals surface area (Å²) in [5, 5.41) is 11.0. The number of fused-ring (bicyclic) bond motifs is 2. The van der Waals surface area contributed by atoms with Gasteiger partial charge >= 0.3 is 18.2 Å². The zero-order chi connectivity index (χ0) is 40.7. The van der Waals surface area contributed by atoms with Crippen LogP contribution in [0.25, 0.3) is 6.08 Å². The van der Waals surface area contributed by atoms with Crippen molar-refractivity contribution in [2.24, 2.45) is 5.92 Å². The molecule has 2 aliphatic rings. The highest BCUT2D eigenvalue weighted by Crippen LogP contribution is 2.35.